The maximum absolute atomic E-state index is 6.05. The Hall–Kier alpha value is -1.06. The summed E-state index contributed by atoms with van der Waals surface area (Å²) in [5.41, 5.74) is 1.33. The molecule has 1 N–H and O–H groups in total. The molecule has 3 aliphatic rings. The zero-order chi connectivity index (χ0) is 13.5. The highest BCUT2D eigenvalue weighted by atomic mass is 16.5. The van der Waals surface area contributed by atoms with Crippen molar-refractivity contribution in [2.45, 2.75) is 43.8 Å². The molecule has 0 bridgehead atoms. The average Bonchev–Trinajstić information content (AvgIpc) is 3.37. The predicted molar refractivity (Wildman–Crippen MR) is 80.0 cm³/mol. The van der Waals surface area contributed by atoms with Crippen LogP contribution in [0.15, 0.2) is 24.3 Å². The third-order valence-corrected chi connectivity index (χ3v) is 4.97. The van der Waals surface area contributed by atoms with Gasteiger partial charge in [-0.3, -0.25) is 4.90 Å². The molecule has 2 fully saturated rings. The van der Waals surface area contributed by atoms with Crippen LogP contribution in [0.5, 0.6) is 5.75 Å². The lowest BCUT2D eigenvalue weighted by atomic mass is 9.94. The molecule has 1 heterocycles. The predicted octanol–water partition coefficient (Wildman–Crippen LogP) is 2.58. The fourth-order valence-corrected chi connectivity index (χ4v) is 3.54. The molecule has 0 spiro atoms. The Balaban J connectivity index is 1.60. The van der Waals surface area contributed by atoms with Gasteiger partial charge in [-0.05, 0) is 44.7 Å². The quantitative estimate of drug-likeness (QED) is 0.891. The summed E-state index contributed by atoms with van der Waals surface area (Å²) in [5, 5.41) is 3.55. The van der Waals surface area contributed by atoms with Gasteiger partial charge in [-0.1, -0.05) is 18.2 Å². The number of hydrogen-bond donors (Lipinski definition) is 1. The first-order chi connectivity index (χ1) is 9.86. The molecule has 1 aliphatic heterocycles. The fraction of sp³-hybridized carbons (Fsp3) is 0.647. The highest BCUT2D eigenvalue weighted by Gasteiger charge is 2.42. The molecule has 0 radical (unpaired) electrons. The van der Waals surface area contributed by atoms with Gasteiger partial charge in [-0.25, -0.2) is 0 Å². The van der Waals surface area contributed by atoms with Crippen LogP contribution in [-0.2, 0) is 0 Å². The maximum Gasteiger partial charge on any atom is 0.124 e. The second-order valence-corrected chi connectivity index (χ2v) is 6.55. The van der Waals surface area contributed by atoms with Crippen molar-refractivity contribution in [3.63, 3.8) is 0 Å². The molecule has 2 atom stereocenters. The lowest BCUT2D eigenvalue weighted by Gasteiger charge is -2.41. The van der Waals surface area contributed by atoms with Gasteiger partial charge >= 0.3 is 0 Å². The van der Waals surface area contributed by atoms with Crippen LogP contribution in [0.3, 0.4) is 0 Å². The number of nitrogens with one attached hydrogen (secondary N) is 1. The number of likely N-dealkylation sites (N-methyl/N-ethyl adjacent to an activating group) is 1. The Bertz CT molecular complexity index is 482. The number of fused-ring (bicyclic) bond motifs is 1. The van der Waals surface area contributed by atoms with Gasteiger partial charge in [0.15, 0.2) is 0 Å². The van der Waals surface area contributed by atoms with Crippen molar-refractivity contribution in [2.75, 3.05) is 20.2 Å². The van der Waals surface area contributed by atoms with Crippen LogP contribution < -0.4 is 10.1 Å². The minimum Gasteiger partial charge on any atom is -0.492 e. The lowest BCUT2D eigenvalue weighted by molar-refractivity contribution is 0.0777. The van der Waals surface area contributed by atoms with E-state index in [4.69, 9.17) is 4.74 Å². The molecule has 2 saturated carbocycles. The molecule has 108 valence electrons. The van der Waals surface area contributed by atoms with Crippen LogP contribution in [0.1, 0.15) is 37.3 Å². The summed E-state index contributed by atoms with van der Waals surface area (Å²) in [7, 11) is 2.09. The first-order valence-electron chi connectivity index (χ1n) is 8.01. The van der Waals surface area contributed by atoms with Crippen molar-refractivity contribution in [2.24, 2.45) is 5.92 Å². The monoisotopic (exact) mass is 272 g/mol. The Morgan fingerprint density at radius 2 is 2.00 bits per heavy atom. The van der Waals surface area contributed by atoms with Crippen molar-refractivity contribution >= 4 is 0 Å². The smallest absolute Gasteiger partial charge is 0.124 e. The molecule has 4 rings (SSSR count). The van der Waals surface area contributed by atoms with Crippen LogP contribution in [0.2, 0.25) is 0 Å². The van der Waals surface area contributed by atoms with Gasteiger partial charge in [0.05, 0.1) is 12.1 Å². The van der Waals surface area contributed by atoms with E-state index in [9.17, 15) is 0 Å². The minimum atomic E-state index is 0.402. The summed E-state index contributed by atoms with van der Waals surface area (Å²) in [4.78, 5) is 2.74. The van der Waals surface area contributed by atoms with E-state index in [0.29, 0.717) is 12.1 Å². The second kappa shape index (κ2) is 5.05. The van der Waals surface area contributed by atoms with E-state index in [0.717, 1.165) is 24.3 Å². The molecule has 3 nitrogen and oxygen atoms in total. The standard InChI is InChI=1S/C17H24N2O/c1-18-17-14-4-2-3-5-16(14)20-11-15(17)19(13-8-9-13)10-12-6-7-12/h2-5,12-13,15,17-18H,6-11H2,1H3. The van der Waals surface area contributed by atoms with Crippen LogP contribution in [0.4, 0.5) is 0 Å². The van der Waals surface area contributed by atoms with E-state index in [-0.39, 0.29) is 0 Å². The summed E-state index contributed by atoms with van der Waals surface area (Å²) in [5.74, 6) is 2.01. The fourth-order valence-electron chi connectivity index (χ4n) is 3.54. The van der Waals surface area contributed by atoms with Crippen LogP contribution in [0.25, 0.3) is 0 Å². The number of para-hydroxylation sites is 1. The molecule has 0 saturated heterocycles. The number of nitrogens with zero attached hydrogens (tertiary/aromatic N) is 1. The van der Waals surface area contributed by atoms with Crippen molar-refractivity contribution < 1.29 is 4.74 Å². The maximum atomic E-state index is 6.05. The van der Waals surface area contributed by atoms with E-state index in [1.54, 1.807) is 0 Å². The topological polar surface area (TPSA) is 24.5 Å². The third-order valence-electron chi connectivity index (χ3n) is 4.97. The molecular formula is C17H24N2O. The zero-order valence-electron chi connectivity index (χ0n) is 12.2. The highest BCUT2D eigenvalue weighted by Crippen LogP contribution is 2.41. The van der Waals surface area contributed by atoms with Gasteiger partial charge in [0, 0.05) is 18.2 Å². The molecular weight excluding hydrogens is 248 g/mol. The molecule has 20 heavy (non-hydrogen) atoms. The lowest BCUT2D eigenvalue weighted by Crippen LogP contribution is -2.51. The van der Waals surface area contributed by atoms with E-state index in [2.05, 4.69) is 41.5 Å². The highest BCUT2D eigenvalue weighted by molar-refractivity contribution is 5.39. The van der Waals surface area contributed by atoms with Gasteiger partial charge in [0.1, 0.15) is 12.4 Å². The Labute approximate surface area is 121 Å². The van der Waals surface area contributed by atoms with E-state index < -0.39 is 0 Å². The molecule has 1 aromatic rings. The minimum absolute atomic E-state index is 0.402. The van der Waals surface area contributed by atoms with Crippen LogP contribution in [-0.4, -0.2) is 37.2 Å². The molecule has 2 aliphatic carbocycles. The van der Waals surface area contributed by atoms with E-state index in [1.165, 1.54) is 37.8 Å². The normalized spacial score (nSPS) is 29.1. The summed E-state index contributed by atoms with van der Waals surface area (Å²) in [6, 6.07) is 10.2. The summed E-state index contributed by atoms with van der Waals surface area (Å²) in [6.45, 7) is 2.10. The Kier molecular flexibility index (Phi) is 3.20. The third kappa shape index (κ3) is 2.33. The molecule has 0 aromatic heterocycles. The number of rotatable bonds is 5. The largest absolute Gasteiger partial charge is 0.492 e. The van der Waals surface area contributed by atoms with Gasteiger partial charge in [-0.15, -0.1) is 0 Å². The molecule has 0 amide bonds. The van der Waals surface area contributed by atoms with Gasteiger partial charge < -0.3 is 10.1 Å². The van der Waals surface area contributed by atoms with Crippen molar-refractivity contribution in [1.29, 1.82) is 0 Å². The van der Waals surface area contributed by atoms with E-state index in [1.807, 2.05) is 0 Å². The van der Waals surface area contributed by atoms with Crippen molar-refractivity contribution in [3.8, 4) is 5.75 Å². The molecule has 2 unspecified atom stereocenters. The van der Waals surface area contributed by atoms with Crippen molar-refractivity contribution in [3.05, 3.63) is 29.8 Å². The first-order valence-corrected chi connectivity index (χ1v) is 8.01. The second-order valence-electron chi connectivity index (χ2n) is 6.55. The number of hydrogen-bond acceptors (Lipinski definition) is 3. The Morgan fingerprint density at radius 3 is 2.70 bits per heavy atom. The zero-order valence-corrected chi connectivity index (χ0v) is 12.2. The van der Waals surface area contributed by atoms with Gasteiger partial charge in [-0.2, -0.15) is 0 Å². The summed E-state index contributed by atoms with van der Waals surface area (Å²) < 4.78 is 6.05. The average molecular weight is 272 g/mol. The molecule has 3 heteroatoms. The Morgan fingerprint density at radius 1 is 1.20 bits per heavy atom. The van der Waals surface area contributed by atoms with Gasteiger partial charge in [0.25, 0.3) is 0 Å². The van der Waals surface area contributed by atoms with Crippen LogP contribution in [0, 0.1) is 5.92 Å². The van der Waals surface area contributed by atoms with Crippen molar-refractivity contribution in [1.82, 2.24) is 10.2 Å². The summed E-state index contributed by atoms with van der Waals surface area (Å²) >= 11 is 0. The first kappa shape index (κ1) is 12.7. The summed E-state index contributed by atoms with van der Waals surface area (Å²) in [6.07, 6.45) is 5.61. The number of ether oxygens (including phenoxy) is 1. The van der Waals surface area contributed by atoms with Gasteiger partial charge in [0.2, 0.25) is 0 Å². The SMILES string of the molecule is CNC1c2ccccc2OCC1N(CC1CC1)C1CC1. The number of benzene rings is 1. The van der Waals surface area contributed by atoms with Crippen LogP contribution >= 0.6 is 0 Å². The molecule has 1 aromatic carbocycles. The van der Waals surface area contributed by atoms with E-state index >= 15 is 0 Å².